The summed E-state index contributed by atoms with van der Waals surface area (Å²) in [5, 5.41) is 0. The average molecular weight is 539 g/mol. The van der Waals surface area contributed by atoms with Crippen LogP contribution in [-0.2, 0) is 34.1 Å². The van der Waals surface area contributed by atoms with E-state index in [1.165, 1.54) is 12.5 Å². The summed E-state index contributed by atoms with van der Waals surface area (Å²) < 4.78 is 23.9. The summed E-state index contributed by atoms with van der Waals surface area (Å²) in [5.41, 5.74) is 3.97. The topological polar surface area (TPSA) is 52.6 Å². The van der Waals surface area contributed by atoms with Crippen LogP contribution in [0.4, 0.5) is 0 Å². The van der Waals surface area contributed by atoms with Gasteiger partial charge in [-0.2, -0.15) is 0 Å². The van der Waals surface area contributed by atoms with Gasteiger partial charge in [0.15, 0.2) is 0 Å². The number of carbonyl (C=O) groups is 1. The van der Waals surface area contributed by atoms with Crippen molar-refractivity contribution in [2.24, 2.45) is 0 Å². The van der Waals surface area contributed by atoms with Gasteiger partial charge in [-0.1, -0.05) is 0 Å². The van der Waals surface area contributed by atoms with E-state index in [4.69, 9.17) is 9.47 Å². The van der Waals surface area contributed by atoms with Crippen molar-refractivity contribution in [3.8, 4) is 17.2 Å². The number of hydrogen-bond donors (Lipinski definition) is 0. The molecule has 0 bridgehead atoms. The van der Waals surface area contributed by atoms with Crippen LogP contribution in [0.2, 0.25) is 0 Å². The van der Waals surface area contributed by atoms with Gasteiger partial charge in [-0.3, -0.25) is 4.79 Å². The molecule has 4 aromatic rings. The van der Waals surface area contributed by atoms with Crippen molar-refractivity contribution in [1.82, 2.24) is 0 Å². The van der Waals surface area contributed by atoms with E-state index < -0.39 is 0 Å². The molecule has 0 atom stereocenters. The van der Waals surface area contributed by atoms with Crippen LogP contribution in [0, 0.1) is 0 Å². The van der Waals surface area contributed by atoms with Gasteiger partial charge in [-0.05, 0) is 0 Å². The maximum absolute atomic E-state index is 12.0. The average Bonchev–Trinajstić information content (AvgIpc) is 2.89. The van der Waals surface area contributed by atoms with Crippen molar-refractivity contribution in [3.05, 3.63) is 119 Å². The summed E-state index contributed by atoms with van der Waals surface area (Å²) in [6, 6.07) is 31.7. The third-order valence-corrected chi connectivity index (χ3v) is 7.48. The van der Waals surface area contributed by atoms with Gasteiger partial charge in [0.1, 0.15) is 0 Å². The summed E-state index contributed by atoms with van der Waals surface area (Å²) >= 11 is -0.0579. The molecule has 0 aliphatic carbocycles. The van der Waals surface area contributed by atoms with Gasteiger partial charge < -0.3 is 4.74 Å². The molecular formula is C32H31CoO4. The minimum atomic E-state index is -0.336. The van der Waals surface area contributed by atoms with Gasteiger partial charge in [0.25, 0.3) is 0 Å². The number of esters is 1. The Kier molecular flexibility index (Phi) is 7.76. The molecule has 192 valence electrons. The molecule has 0 saturated heterocycles. The number of benzene rings is 4. The van der Waals surface area contributed by atoms with Crippen molar-refractivity contribution in [3.63, 3.8) is 0 Å². The third-order valence-electron chi connectivity index (χ3n) is 6.85. The van der Waals surface area contributed by atoms with Crippen LogP contribution >= 0.6 is 0 Å². The molecule has 0 aromatic heterocycles. The van der Waals surface area contributed by atoms with Crippen molar-refractivity contribution in [2.45, 2.75) is 45.4 Å². The van der Waals surface area contributed by atoms with Crippen molar-refractivity contribution >= 4 is 10.5 Å². The summed E-state index contributed by atoms with van der Waals surface area (Å²) in [4.78, 5) is 11.2. The first-order valence-corrected chi connectivity index (χ1v) is 13.1. The number of rotatable bonds is 8. The van der Waals surface area contributed by atoms with Gasteiger partial charge in [-0.15, -0.1) is 0 Å². The molecule has 0 N–H and O–H groups in total. The molecular weight excluding hydrogens is 507 g/mol. The van der Waals surface area contributed by atoms with Crippen molar-refractivity contribution in [1.29, 1.82) is 0 Å². The molecule has 0 aliphatic heterocycles. The third kappa shape index (κ3) is 5.90. The Morgan fingerprint density at radius 1 is 0.649 bits per heavy atom. The SMILES string of the molecule is CC(=O)Oc1ccc(C(C)(C)c2ccc(Oc3ccc(C(C)(C)c4ccccc4)c[c]3[Co]=[O])cc2)cc1. The Labute approximate surface area is 224 Å². The molecule has 0 spiro atoms. The fourth-order valence-electron chi connectivity index (χ4n) is 4.37. The zero-order valence-corrected chi connectivity index (χ0v) is 22.7. The second-order valence-corrected chi connectivity index (χ2v) is 10.8. The first kappa shape index (κ1) is 26.5. The predicted octanol–water partition coefficient (Wildman–Crippen LogP) is 7.11. The Hall–Kier alpha value is -3.54. The zero-order valence-electron chi connectivity index (χ0n) is 21.7. The van der Waals surface area contributed by atoms with Crippen LogP contribution < -0.4 is 14.0 Å². The number of ether oxygens (including phenoxy) is 2. The second kappa shape index (κ2) is 10.8. The fraction of sp³-hybridized carbons (Fsp3) is 0.219. The molecule has 5 heteroatoms. The molecule has 0 radical (unpaired) electrons. The number of hydrogen-bond acceptors (Lipinski definition) is 4. The van der Waals surface area contributed by atoms with Crippen LogP contribution in [0.3, 0.4) is 0 Å². The first-order chi connectivity index (χ1) is 17.6. The van der Waals surface area contributed by atoms with E-state index in [-0.39, 0.29) is 31.4 Å². The molecule has 37 heavy (non-hydrogen) atoms. The molecule has 0 fully saturated rings. The summed E-state index contributed by atoms with van der Waals surface area (Å²) in [7, 11) is 0. The first-order valence-electron chi connectivity index (χ1n) is 12.1. The normalized spacial score (nSPS) is 11.8. The molecule has 4 rings (SSSR count). The zero-order chi connectivity index (χ0) is 26.6. The van der Waals surface area contributed by atoms with E-state index in [9.17, 15) is 8.66 Å². The van der Waals surface area contributed by atoms with Gasteiger partial charge >= 0.3 is 209 Å². The summed E-state index contributed by atoms with van der Waals surface area (Å²) in [6.45, 7) is 10.00. The summed E-state index contributed by atoms with van der Waals surface area (Å²) in [6.07, 6.45) is 0. The van der Waals surface area contributed by atoms with Crippen LogP contribution in [0.5, 0.6) is 17.2 Å². The maximum atomic E-state index is 12.0. The molecule has 0 saturated carbocycles. The van der Waals surface area contributed by atoms with Crippen LogP contribution in [-0.4, -0.2) is 5.97 Å². The van der Waals surface area contributed by atoms with Crippen molar-refractivity contribution in [2.75, 3.05) is 0 Å². The van der Waals surface area contributed by atoms with E-state index >= 15 is 0 Å². The Morgan fingerprint density at radius 2 is 1.14 bits per heavy atom. The number of carbonyl (C=O) groups excluding carboxylic acids is 1. The van der Waals surface area contributed by atoms with Gasteiger partial charge in [-0.25, -0.2) is 0 Å². The van der Waals surface area contributed by atoms with Crippen molar-refractivity contribution < 1.29 is 32.8 Å². The van der Waals surface area contributed by atoms with Crippen LogP contribution in [0.25, 0.3) is 0 Å². The molecule has 4 nitrogen and oxygen atoms in total. The van der Waals surface area contributed by atoms with Gasteiger partial charge in [0.05, 0.1) is 0 Å². The Balaban J connectivity index is 1.53. The molecule has 0 amide bonds. The van der Waals surface area contributed by atoms with Gasteiger partial charge in [0.2, 0.25) is 0 Å². The molecule has 0 unspecified atom stereocenters. The van der Waals surface area contributed by atoms with Crippen LogP contribution in [0.15, 0.2) is 97.1 Å². The summed E-state index contributed by atoms with van der Waals surface area (Å²) in [5.74, 6) is 1.43. The monoisotopic (exact) mass is 538 g/mol. The quantitative estimate of drug-likeness (QED) is 0.177. The predicted molar refractivity (Wildman–Crippen MR) is 142 cm³/mol. The second-order valence-electron chi connectivity index (χ2n) is 10.0. The standard InChI is InChI=1S/C32H31O3.Co.O/c1-23(33)34-28-17-11-26(12-18-28)32(4,5)27-15-21-30(22-16-27)35-29-19-13-25(14-20-29)31(2,3)24-9-7-6-8-10-24;;/h6-19,21-22H,1-5H3;;. The van der Waals surface area contributed by atoms with E-state index in [2.05, 4.69) is 39.8 Å². The van der Waals surface area contributed by atoms with E-state index in [0.29, 0.717) is 21.7 Å². The fourth-order valence-corrected chi connectivity index (χ4v) is 4.84. The molecule has 0 aliphatic rings. The Bertz CT molecular complexity index is 1390. The van der Waals surface area contributed by atoms with E-state index in [1.54, 1.807) is 0 Å². The van der Waals surface area contributed by atoms with E-state index in [1.807, 2.05) is 84.9 Å². The molecule has 4 aromatic carbocycles. The minimum absolute atomic E-state index is 0.0579. The van der Waals surface area contributed by atoms with Crippen LogP contribution in [0.1, 0.15) is 56.9 Å². The van der Waals surface area contributed by atoms with E-state index in [0.717, 1.165) is 16.7 Å². The molecule has 0 heterocycles. The van der Waals surface area contributed by atoms with Gasteiger partial charge in [0, 0.05) is 6.92 Å². The Morgan fingerprint density at radius 3 is 1.68 bits per heavy atom.